The number of aliphatic imine (C=N–C) groups is 2. The molecule has 1 atom stereocenters. The molecule has 0 fully saturated rings. The van der Waals surface area contributed by atoms with Gasteiger partial charge in [-0.1, -0.05) is 146 Å². The van der Waals surface area contributed by atoms with Gasteiger partial charge in [-0.3, -0.25) is 0 Å². The Labute approximate surface area is 310 Å². The second-order valence-electron chi connectivity index (χ2n) is 13.8. The van der Waals surface area contributed by atoms with Gasteiger partial charge in [-0.05, 0) is 63.4 Å². The van der Waals surface area contributed by atoms with Crippen LogP contribution in [0.5, 0.6) is 0 Å². The number of amidine groups is 2. The smallest absolute Gasteiger partial charge is 0.159 e. The summed E-state index contributed by atoms with van der Waals surface area (Å²) in [7, 11) is 0. The maximum atomic E-state index is 6.65. The van der Waals surface area contributed by atoms with E-state index in [4.69, 9.17) is 18.8 Å². The number of para-hydroxylation sites is 2. The summed E-state index contributed by atoms with van der Waals surface area (Å²) in [4.78, 5) is 10.6. The Morgan fingerprint density at radius 1 is 0.444 bits per heavy atom. The number of nitrogens with one attached hydrogen (secondary N) is 1. The van der Waals surface area contributed by atoms with E-state index in [0.29, 0.717) is 5.84 Å². The largest absolute Gasteiger partial charge is 0.456 e. The normalized spacial score (nSPS) is 14.5. The summed E-state index contributed by atoms with van der Waals surface area (Å²) in [5, 5.41) is 10.2. The number of hydrogen-bond donors (Lipinski definition) is 1. The molecule has 0 amide bonds. The third-order valence-electron chi connectivity index (χ3n) is 10.5. The van der Waals surface area contributed by atoms with Gasteiger partial charge in [0, 0.05) is 38.2 Å². The first-order chi connectivity index (χ1) is 26.7. The average molecular weight is 694 g/mol. The Morgan fingerprint density at radius 3 is 2.02 bits per heavy atom. The number of nitrogens with zero attached hydrogens (tertiary/aromatic N) is 2. The molecule has 0 saturated heterocycles. The van der Waals surface area contributed by atoms with Gasteiger partial charge in [0.05, 0.1) is 0 Å². The number of benzene rings is 8. The SMILES string of the molecule is c1ccc(-c2cccc(C3N=C(c4ccc5ccc6oc7ccccc7c6c5c4)N=C(c4cccc5oc6c(-c7ccccc7)cccc6c45)N3)c2)cc1. The van der Waals surface area contributed by atoms with Gasteiger partial charge in [-0.2, -0.15) is 0 Å². The topological polar surface area (TPSA) is 63.0 Å². The van der Waals surface area contributed by atoms with Crippen molar-refractivity contribution in [3.8, 4) is 22.3 Å². The van der Waals surface area contributed by atoms with Crippen LogP contribution in [0.2, 0.25) is 0 Å². The van der Waals surface area contributed by atoms with Gasteiger partial charge in [0.15, 0.2) is 5.84 Å². The van der Waals surface area contributed by atoms with E-state index in [1.54, 1.807) is 0 Å². The first-order valence-electron chi connectivity index (χ1n) is 18.2. The summed E-state index contributed by atoms with van der Waals surface area (Å²) in [5.41, 5.74) is 10.8. The molecule has 0 radical (unpaired) electrons. The number of fused-ring (bicyclic) bond motifs is 8. The van der Waals surface area contributed by atoms with Gasteiger partial charge >= 0.3 is 0 Å². The predicted molar refractivity (Wildman–Crippen MR) is 221 cm³/mol. The molecule has 1 aliphatic heterocycles. The summed E-state index contributed by atoms with van der Waals surface area (Å²) in [6, 6.07) is 60.9. The van der Waals surface area contributed by atoms with E-state index in [9.17, 15) is 0 Å². The molecular weight excluding hydrogens is 663 g/mol. The van der Waals surface area contributed by atoms with E-state index in [0.717, 1.165) is 99.4 Å². The molecule has 0 saturated carbocycles. The molecule has 54 heavy (non-hydrogen) atoms. The van der Waals surface area contributed by atoms with Crippen LogP contribution < -0.4 is 5.32 Å². The molecule has 10 aromatic rings. The monoisotopic (exact) mass is 693 g/mol. The third kappa shape index (κ3) is 4.94. The lowest BCUT2D eigenvalue weighted by atomic mass is 9.99. The van der Waals surface area contributed by atoms with Crippen molar-refractivity contribution in [1.29, 1.82) is 0 Å². The van der Waals surface area contributed by atoms with Gasteiger partial charge in [0.2, 0.25) is 0 Å². The summed E-state index contributed by atoms with van der Waals surface area (Å²) < 4.78 is 12.9. The molecule has 8 aromatic carbocycles. The summed E-state index contributed by atoms with van der Waals surface area (Å²) in [6.07, 6.45) is -0.397. The zero-order valence-corrected chi connectivity index (χ0v) is 29.0. The quantitative estimate of drug-likeness (QED) is 0.195. The highest BCUT2D eigenvalue weighted by Crippen LogP contribution is 2.39. The van der Waals surface area contributed by atoms with Crippen molar-refractivity contribution in [2.45, 2.75) is 6.17 Å². The van der Waals surface area contributed by atoms with Crippen molar-refractivity contribution in [3.63, 3.8) is 0 Å². The van der Waals surface area contributed by atoms with E-state index in [1.807, 2.05) is 36.4 Å². The second kappa shape index (κ2) is 12.2. The van der Waals surface area contributed by atoms with Crippen LogP contribution in [0.1, 0.15) is 22.9 Å². The van der Waals surface area contributed by atoms with Crippen LogP contribution in [0.15, 0.2) is 195 Å². The minimum atomic E-state index is -0.397. The molecule has 5 nitrogen and oxygen atoms in total. The number of rotatable bonds is 5. The summed E-state index contributed by atoms with van der Waals surface area (Å²) in [6.45, 7) is 0. The van der Waals surface area contributed by atoms with Crippen molar-refractivity contribution in [2.24, 2.45) is 9.98 Å². The van der Waals surface area contributed by atoms with Crippen LogP contribution in [0.25, 0.3) is 76.9 Å². The van der Waals surface area contributed by atoms with Crippen LogP contribution in [0.3, 0.4) is 0 Å². The van der Waals surface area contributed by atoms with E-state index >= 15 is 0 Å². The molecule has 1 aliphatic rings. The molecule has 1 N–H and O–H groups in total. The molecule has 254 valence electrons. The Hall–Kier alpha value is -7.24. The van der Waals surface area contributed by atoms with Crippen molar-refractivity contribution >= 4 is 66.3 Å². The zero-order chi connectivity index (χ0) is 35.6. The van der Waals surface area contributed by atoms with Gasteiger partial charge in [0.25, 0.3) is 0 Å². The summed E-state index contributed by atoms with van der Waals surface area (Å²) >= 11 is 0. The Morgan fingerprint density at radius 2 is 1.13 bits per heavy atom. The van der Waals surface area contributed by atoms with E-state index in [-0.39, 0.29) is 0 Å². The molecule has 0 aliphatic carbocycles. The lowest BCUT2D eigenvalue weighted by Crippen LogP contribution is -2.33. The fraction of sp³-hybridized carbons (Fsp3) is 0.0204. The lowest BCUT2D eigenvalue weighted by Gasteiger charge is -2.24. The molecule has 0 spiro atoms. The van der Waals surface area contributed by atoms with E-state index in [1.165, 1.54) is 0 Å². The predicted octanol–water partition coefficient (Wildman–Crippen LogP) is 12.5. The zero-order valence-electron chi connectivity index (χ0n) is 29.0. The molecule has 0 bridgehead atoms. The number of hydrogen-bond acceptors (Lipinski definition) is 5. The van der Waals surface area contributed by atoms with Crippen LogP contribution in [-0.4, -0.2) is 11.7 Å². The van der Waals surface area contributed by atoms with Gasteiger partial charge < -0.3 is 14.2 Å². The van der Waals surface area contributed by atoms with Crippen LogP contribution in [0.4, 0.5) is 0 Å². The molecule has 5 heteroatoms. The minimum Gasteiger partial charge on any atom is -0.456 e. The first-order valence-corrected chi connectivity index (χ1v) is 18.2. The molecule has 3 heterocycles. The highest BCUT2D eigenvalue weighted by atomic mass is 16.3. The Kier molecular flexibility index (Phi) is 6.85. The summed E-state index contributed by atoms with van der Waals surface area (Å²) in [5.74, 6) is 1.39. The standard InChI is InChI=1S/C49H31N3O2/c1-3-12-30(13-4-1)33-16-9-17-34(28-33)47-50-48(35-25-24-32-26-27-43-44(40(32)29-35)37-18-7-8-22-41(37)53-43)52-49(51-47)39-21-11-23-42-45(39)38-20-10-19-36(46(38)54-42)31-14-5-2-6-15-31/h1-29,47H,(H,50,51,52). The van der Waals surface area contributed by atoms with E-state index < -0.39 is 6.17 Å². The van der Waals surface area contributed by atoms with Gasteiger partial charge in [0.1, 0.15) is 34.3 Å². The first kappa shape index (κ1) is 30.4. The van der Waals surface area contributed by atoms with Crippen LogP contribution in [0, 0.1) is 0 Å². The van der Waals surface area contributed by atoms with Crippen molar-refractivity contribution in [1.82, 2.24) is 5.32 Å². The fourth-order valence-corrected chi connectivity index (χ4v) is 7.98. The van der Waals surface area contributed by atoms with Crippen molar-refractivity contribution < 1.29 is 8.83 Å². The maximum Gasteiger partial charge on any atom is 0.159 e. The van der Waals surface area contributed by atoms with Crippen LogP contribution in [-0.2, 0) is 0 Å². The van der Waals surface area contributed by atoms with Gasteiger partial charge in [-0.25, -0.2) is 9.98 Å². The second-order valence-corrected chi connectivity index (χ2v) is 13.8. The Balaban J connectivity index is 1.12. The van der Waals surface area contributed by atoms with Gasteiger partial charge in [-0.15, -0.1) is 0 Å². The maximum absolute atomic E-state index is 6.65. The van der Waals surface area contributed by atoms with Crippen molar-refractivity contribution in [2.75, 3.05) is 0 Å². The lowest BCUT2D eigenvalue weighted by molar-refractivity contribution is 0.668. The fourth-order valence-electron chi connectivity index (χ4n) is 7.98. The highest BCUT2D eigenvalue weighted by molar-refractivity contribution is 6.24. The molecular formula is C49H31N3O2. The highest BCUT2D eigenvalue weighted by Gasteiger charge is 2.25. The third-order valence-corrected chi connectivity index (χ3v) is 10.5. The average Bonchev–Trinajstić information content (AvgIpc) is 3.83. The Bertz CT molecular complexity index is 3140. The molecule has 2 aromatic heterocycles. The molecule has 11 rings (SSSR count). The molecule has 1 unspecified atom stereocenters. The van der Waals surface area contributed by atoms with E-state index in [2.05, 4.69) is 145 Å². The van der Waals surface area contributed by atoms with Crippen molar-refractivity contribution in [3.05, 3.63) is 193 Å². The van der Waals surface area contributed by atoms with Crippen LogP contribution >= 0.6 is 0 Å². The minimum absolute atomic E-state index is 0.397. The number of furan rings is 2.